The van der Waals surface area contributed by atoms with E-state index >= 15 is 0 Å². The maximum Gasteiger partial charge on any atom is 0.239 e. The number of ether oxygens (including phenoxy) is 1. The number of nitrogens with zero attached hydrogens (tertiary/aromatic N) is 2. The molecule has 1 aliphatic rings. The van der Waals surface area contributed by atoms with E-state index in [1.54, 1.807) is 23.1 Å². The molecule has 36 heavy (non-hydrogen) atoms. The number of carbonyl (C=O) groups is 2. The molecule has 2 atom stereocenters. The van der Waals surface area contributed by atoms with Gasteiger partial charge in [-0.15, -0.1) is 6.58 Å². The van der Waals surface area contributed by atoms with E-state index < -0.39 is 0 Å². The van der Waals surface area contributed by atoms with Gasteiger partial charge in [0.2, 0.25) is 11.8 Å². The molecule has 0 saturated carbocycles. The highest BCUT2D eigenvalue weighted by Crippen LogP contribution is 2.29. The summed E-state index contributed by atoms with van der Waals surface area (Å²) in [6, 6.07) is 26.7. The van der Waals surface area contributed by atoms with E-state index in [0.29, 0.717) is 37.3 Å². The minimum absolute atomic E-state index is 0.00493. The zero-order chi connectivity index (χ0) is 25.3. The number of likely N-dealkylation sites (tertiary alicyclic amines) is 1. The minimum Gasteiger partial charge on any atom is -0.491 e. The minimum atomic E-state index is -0.192. The van der Waals surface area contributed by atoms with Crippen LogP contribution in [0.4, 0.5) is 0 Å². The van der Waals surface area contributed by atoms with Crippen LogP contribution < -0.4 is 10.1 Å². The van der Waals surface area contributed by atoms with Gasteiger partial charge in [-0.3, -0.25) is 9.59 Å². The number of hydrogen-bond acceptors (Lipinski definition) is 4. The van der Waals surface area contributed by atoms with Gasteiger partial charge in [0, 0.05) is 12.5 Å². The van der Waals surface area contributed by atoms with Crippen molar-refractivity contribution in [1.82, 2.24) is 10.2 Å². The van der Waals surface area contributed by atoms with Crippen LogP contribution >= 0.6 is 0 Å². The smallest absolute Gasteiger partial charge is 0.239 e. The second-order valence-corrected chi connectivity index (χ2v) is 8.86. The van der Waals surface area contributed by atoms with E-state index in [2.05, 4.69) is 18.0 Å². The van der Waals surface area contributed by atoms with Crippen molar-refractivity contribution >= 4 is 11.8 Å². The highest BCUT2D eigenvalue weighted by atomic mass is 16.5. The molecule has 1 fully saturated rings. The van der Waals surface area contributed by atoms with Crippen molar-refractivity contribution in [3.8, 4) is 22.9 Å². The molecule has 3 aromatic rings. The van der Waals surface area contributed by atoms with Crippen molar-refractivity contribution in [3.63, 3.8) is 0 Å². The van der Waals surface area contributed by atoms with Crippen LogP contribution in [0, 0.1) is 17.2 Å². The molecule has 1 heterocycles. The standard InChI is InChI=1S/C30H29N3O3/c1-2-6-26-17-27(33(30(26)35)20-29(34)32-19-23-7-4-3-5-8-23)21-36-28-15-13-25(14-16-28)24-11-9-22(18-31)10-12-24/h2-5,7-16,26-27H,1,6,17,19-21H2,(H,32,34)/t26-,27+/m1/s1. The average Bonchev–Trinajstić information content (AvgIpc) is 3.21. The number of nitriles is 1. The van der Waals surface area contributed by atoms with Crippen LogP contribution in [0.2, 0.25) is 0 Å². The van der Waals surface area contributed by atoms with Crippen molar-refractivity contribution in [1.29, 1.82) is 5.26 Å². The molecule has 0 bridgehead atoms. The lowest BCUT2D eigenvalue weighted by Crippen LogP contribution is -2.44. The summed E-state index contributed by atoms with van der Waals surface area (Å²) in [5, 5.41) is 11.9. The Labute approximate surface area is 211 Å². The zero-order valence-electron chi connectivity index (χ0n) is 20.1. The Morgan fingerprint density at radius 1 is 1.06 bits per heavy atom. The van der Waals surface area contributed by atoms with Crippen LogP contribution in [-0.2, 0) is 16.1 Å². The van der Waals surface area contributed by atoms with Crippen molar-refractivity contribution in [2.24, 2.45) is 5.92 Å². The van der Waals surface area contributed by atoms with Crippen molar-refractivity contribution in [3.05, 3.63) is 103 Å². The molecular weight excluding hydrogens is 450 g/mol. The van der Waals surface area contributed by atoms with Gasteiger partial charge in [-0.25, -0.2) is 0 Å². The average molecular weight is 480 g/mol. The summed E-state index contributed by atoms with van der Waals surface area (Å²) in [6.07, 6.45) is 2.96. The largest absolute Gasteiger partial charge is 0.491 e. The summed E-state index contributed by atoms with van der Waals surface area (Å²) in [4.78, 5) is 27.3. The lowest BCUT2D eigenvalue weighted by molar-refractivity contribution is -0.136. The lowest BCUT2D eigenvalue weighted by atomic mass is 10.0. The molecule has 1 N–H and O–H groups in total. The number of carbonyl (C=O) groups excluding carboxylic acids is 2. The fourth-order valence-corrected chi connectivity index (χ4v) is 4.41. The van der Waals surface area contributed by atoms with Crippen LogP contribution in [0.15, 0.2) is 91.5 Å². The van der Waals surface area contributed by atoms with Crippen LogP contribution in [0.1, 0.15) is 24.0 Å². The van der Waals surface area contributed by atoms with Gasteiger partial charge in [0.05, 0.1) is 24.2 Å². The summed E-state index contributed by atoms with van der Waals surface area (Å²) in [6.45, 7) is 4.51. The van der Waals surface area contributed by atoms with Crippen LogP contribution in [-0.4, -0.2) is 35.9 Å². The third-order valence-corrected chi connectivity index (χ3v) is 6.37. The van der Waals surface area contributed by atoms with Crippen molar-refractivity contribution < 1.29 is 14.3 Å². The summed E-state index contributed by atoms with van der Waals surface area (Å²) >= 11 is 0. The first-order valence-corrected chi connectivity index (χ1v) is 12.0. The van der Waals surface area contributed by atoms with Crippen LogP contribution in [0.3, 0.4) is 0 Å². The Kier molecular flexibility index (Phi) is 8.15. The molecule has 0 aliphatic carbocycles. The van der Waals surface area contributed by atoms with E-state index in [1.807, 2.05) is 66.7 Å². The highest BCUT2D eigenvalue weighted by Gasteiger charge is 2.39. The molecule has 0 spiro atoms. The highest BCUT2D eigenvalue weighted by molar-refractivity contribution is 5.87. The van der Waals surface area contributed by atoms with Gasteiger partial charge in [-0.05, 0) is 53.8 Å². The molecule has 182 valence electrons. The predicted molar refractivity (Wildman–Crippen MR) is 139 cm³/mol. The van der Waals surface area contributed by atoms with Gasteiger partial charge in [0.1, 0.15) is 12.4 Å². The Morgan fingerprint density at radius 2 is 1.72 bits per heavy atom. The summed E-state index contributed by atoms with van der Waals surface area (Å²) in [5.74, 6) is 0.287. The fraction of sp³-hybridized carbons (Fsp3) is 0.233. The second kappa shape index (κ2) is 11.9. The Balaban J connectivity index is 1.36. The number of nitrogens with one attached hydrogen (secondary N) is 1. The predicted octanol–water partition coefficient (Wildman–Crippen LogP) is 4.71. The molecule has 1 saturated heterocycles. The maximum absolute atomic E-state index is 13.0. The van der Waals surface area contributed by atoms with Crippen molar-refractivity contribution in [2.45, 2.75) is 25.4 Å². The number of amides is 2. The van der Waals surface area contributed by atoms with Crippen molar-refractivity contribution in [2.75, 3.05) is 13.2 Å². The fourth-order valence-electron chi connectivity index (χ4n) is 4.41. The van der Waals surface area contributed by atoms with E-state index in [1.165, 1.54) is 0 Å². The Bertz CT molecular complexity index is 1230. The van der Waals surface area contributed by atoms with E-state index in [9.17, 15) is 9.59 Å². The number of benzene rings is 3. The zero-order valence-corrected chi connectivity index (χ0v) is 20.1. The first-order chi connectivity index (χ1) is 17.6. The first-order valence-electron chi connectivity index (χ1n) is 12.0. The molecule has 1 aliphatic heterocycles. The van der Waals surface area contributed by atoms with Gasteiger partial charge >= 0.3 is 0 Å². The molecule has 6 nitrogen and oxygen atoms in total. The second-order valence-electron chi connectivity index (χ2n) is 8.86. The third-order valence-electron chi connectivity index (χ3n) is 6.37. The van der Waals surface area contributed by atoms with Gasteiger partial charge < -0.3 is 15.0 Å². The van der Waals surface area contributed by atoms with Gasteiger partial charge in [0.15, 0.2) is 0 Å². The summed E-state index contributed by atoms with van der Waals surface area (Å²) < 4.78 is 6.04. The molecule has 2 amide bonds. The number of rotatable bonds is 10. The molecule has 0 aromatic heterocycles. The van der Waals surface area contributed by atoms with Crippen LogP contribution in [0.5, 0.6) is 5.75 Å². The van der Waals surface area contributed by atoms with E-state index in [4.69, 9.17) is 10.00 Å². The maximum atomic E-state index is 13.0. The third kappa shape index (κ3) is 6.19. The number of allylic oxidation sites excluding steroid dienone is 1. The topological polar surface area (TPSA) is 82.4 Å². The van der Waals surface area contributed by atoms with Gasteiger partial charge in [0.25, 0.3) is 0 Å². The van der Waals surface area contributed by atoms with E-state index in [0.717, 1.165) is 16.7 Å². The monoisotopic (exact) mass is 479 g/mol. The van der Waals surface area contributed by atoms with Crippen LogP contribution in [0.25, 0.3) is 11.1 Å². The normalized spacial score (nSPS) is 16.9. The Hall–Kier alpha value is -4.37. The van der Waals surface area contributed by atoms with Gasteiger partial charge in [-0.1, -0.05) is 60.7 Å². The quantitative estimate of drug-likeness (QED) is 0.427. The first kappa shape index (κ1) is 24.7. The Morgan fingerprint density at radius 3 is 2.36 bits per heavy atom. The SMILES string of the molecule is C=CC[C@@H]1C[C@@H](COc2ccc(-c3ccc(C#N)cc3)cc2)N(CC(=O)NCc2ccccc2)C1=O. The summed E-state index contributed by atoms with van der Waals surface area (Å²) in [7, 11) is 0. The molecule has 0 unspecified atom stereocenters. The number of hydrogen-bond donors (Lipinski definition) is 1. The van der Waals surface area contributed by atoms with Gasteiger partial charge in [-0.2, -0.15) is 5.26 Å². The molecule has 3 aromatic carbocycles. The summed E-state index contributed by atoms with van der Waals surface area (Å²) in [5.41, 5.74) is 3.66. The molecule has 4 rings (SSSR count). The molecular formula is C30H29N3O3. The lowest BCUT2D eigenvalue weighted by Gasteiger charge is -2.24. The molecule has 6 heteroatoms. The van der Waals surface area contributed by atoms with E-state index in [-0.39, 0.29) is 30.3 Å². The molecule has 0 radical (unpaired) electrons.